The van der Waals surface area contributed by atoms with E-state index in [0.29, 0.717) is 19.1 Å². The molecule has 1 aromatic carbocycles. The van der Waals surface area contributed by atoms with Crippen LogP contribution < -0.4 is 20.7 Å². The molecule has 0 spiro atoms. The Hall–Kier alpha value is -1.26. The van der Waals surface area contributed by atoms with Crippen LogP contribution in [0.3, 0.4) is 0 Å². The SMILES string of the molecule is CCOc1ccc(C(NN)C2CC3CC3C2)cc1OCC. The van der Waals surface area contributed by atoms with Crippen LogP contribution in [0.1, 0.15) is 44.7 Å². The number of rotatable bonds is 7. The summed E-state index contributed by atoms with van der Waals surface area (Å²) in [5, 5.41) is 0. The quantitative estimate of drug-likeness (QED) is 0.598. The molecule has 3 N–H and O–H groups in total. The molecule has 3 unspecified atom stereocenters. The summed E-state index contributed by atoms with van der Waals surface area (Å²) < 4.78 is 11.4. The van der Waals surface area contributed by atoms with E-state index in [1.807, 2.05) is 19.9 Å². The number of hydrazine groups is 1. The molecule has 4 heteroatoms. The Labute approximate surface area is 127 Å². The van der Waals surface area contributed by atoms with Crippen LogP contribution in [0.5, 0.6) is 11.5 Å². The van der Waals surface area contributed by atoms with Gasteiger partial charge in [-0.25, -0.2) is 0 Å². The first-order valence-electron chi connectivity index (χ1n) is 8.12. The third kappa shape index (κ3) is 3.01. The highest BCUT2D eigenvalue weighted by Crippen LogP contribution is 2.57. The topological polar surface area (TPSA) is 56.5 Å². The Balaban J connectivity index is 1.80. The van der Waals surface area contributed by atoms with Crippen LogP contribution in [0.25, 0.3) is 0 Å². The normalized spacial score (nSPS) is 28.0. The average Bonchev–Trinajstić information content (AvgIpc) is 3.09. The van der Waals surface area contributed by atoms with Crippen LogP contribution in [0.2, 0.25) is 0 Å². The molecule has 1 aromatic rings. The summed E-state index contributed by atoms with van der Waals surface area (Å²) in [6.45, 7) is 5.26. The highest BCUT2D eigenvalue weighted by molar-refractivity contribution is 5.44. The molecule has 2 fully saturated rings. The second-order valence-corrected chi connectivity index (χ2v) is 6.20. The fourth-order valence-electron chi connectivity index (χ4n) is 3.80. The molecule has 0 heterocycles. The van der Waals surface area contributed by atoms with Gasteiger partial charge in [0.1, 0.15) is 0 Å². The van der Waals surface area contributed by atoms with Crippen molar-refractivity contribution in [3.05, 3.63) is 23.8 Å². The Morgan fingerprint density at radius 3 is 2.38 bits per heavy atom. The number of benzene rings is 1. The van der Waals surface area contributed by atoms with E-state index in [1.54, 1.807) is 0 Å². The van der Waals surface area contributed by atoms with Gasteiger partial charge < -0.3 is 9.47 Å². The van der Waals surface area contributed by atoms with E-state index in [0.717, 1.165) is 23.3 Å². The summed E-state index contributed by atoms with van der Waals surface area (Å²) in [5.41, 5.74) is 4.23. The van der Waals surface area contributed by atoms with Crippen molar-refractivity contribution in [1.82, 2.24) is 5.43 Å². The minimum Gasteiger partial charge on any atom is -0.490 e. The Morgan fingerprint density at radius 2 is 1.76 bits per heavy atom. The number of nitrogens with one attached hydrogen (secondary N) is 1. The second kappa shape index (κ2) is 6.24. The molecule has 0 amide bonds. The van der Waals surface area contributed by atoms with Gasteiger partial charge in [-0.3, -0.25) is 11.3 Å². The third-order valence-electron chi connectivity index (χ3n) is 4.86. The first-order chi connectivity index (χ1) is 10.3. The van der Waals surface area contributed by atoms with Gasteiger partial charge in [0.15, 0.2) is 11.5 Å². The zero-order valence-electron chi connectivity index (χ0n) is 13.0. The third-order valence-corrected chi connectivity index (χ3v) is 4.86. The lowest BCUT2D eigenvalue weighted by Crippen LogP contribution is -2.33. The van der Waals surface area contributed by atoms with Crippen LogP contribution in [0, 0.1) is 17.8 Å². The van der Waals surface area contributed by atoms with Gasteiger partial charge in [0.2, 0.25) is 0 Å². The van der Waals surface area contributed by atoms with Crippen molar-refractivity contribution in [1.29, 1.82) is 0 Å². The Bertz CT molecular complexity index is 482. The molecule has 4 nitrogen and oxygen atoms in total. The van der Waals surface area contributed by atoms with E-state index in [-0.39, 0.29) is 6.04 Å². The van der Waals surface area contributed by atoms with Crippen LogP contribution >= 0.6 is 0 Å². The smallest absolute Gasteiger partial charge is 0.161 e. The van der Waals surface area contributed by atoms with E-state index >= 15 is 0 Å². The number of hydrogen-bond donors (Lipinski definition) is 2. The molecule has 21 heavy (non-hydrogen) atoms. The minimum absolute atomic E-state index is 0.215. The van der Waals surface area contributed by atoms with Gasteiger partial charge in [-0.2, -0.15) is 0 Å². The molecule has 2 aliphatic rings. The molecule has 0 saturated heterocycles. The van der Waals surface area contributed by atoms with Crippen molar-refractivity contribution in [2.75, 3.05) is 13.2 Å². The van der Waals surface area contributed by atoms with Gasteiger partial charge >= 0.3 is 0 Å². The van der Waals surface area contributed by atoms with Crippen molar-refractivity contribution in [3.63, 3.8) is 0 Å². The first kappa shape index (κ1) is 14.7. The van der Waals surface area contributed by atoms with Crippen molar-refractivity contribution in [2.24, 2.45) is 23.6 Å². The molecule has 116 valence electrons. The van der Waals surface area contributed by atoms with Gasteiger partial charge in [0.05, 0.1) is 13.2 Å². The van der Waals surface area contributed by atoms with E-state index in [2.05, 4.69) is 17.6 Å². The van der Waals surface area contributed by atoms with Crippen LogP contribution in [-0.4, -0.2) is 13.2 Å². The van der Waals surface area contributed by atoms with E-state index in [4.69, 9.17) is 15.3 Å². The van der Waals surface area contributed by atoms with E-state index < -0.39 is 0 Å². The lowest BCUT2D eigenvalue weighted by molar-refractivity contribution is 0.285. The number of fused-ring (bicyclic) bond motifs is 1. The molecule has 0 aliphatic heterocycles. The van der Waals surface area contributed by atoms with Crippen molar-refractivity contribution in [3.8, 4) is 11.5 Å². The molecule has 0 bridgehead atoms. The number of nitrogens with two attached hydrogens (primary N) is 1. The molecule has 0 aromatic heterocycles. The van der Waals surface area contributed by atoms with Crippen LogP contribution in [-0.2, 0) is 0 Å². The zero-order chi connectivity index (χ0) is 14.8. The molecule has 0 radical (unpaired) electrons. The van der Waals surface area contributed by atoms with Gasteiger partial charge in [0, 0.05) is 6.04 Å². The van der Waals surface area contributed by atoms with Gasteiger partial charge in [0.25, 0.3) is 0 Å². The minimum atomic E-state index is 0.215. The van der Waals surface area contributed by atoms with Gasteiger partial charge in [-0.05, 0) is 68.6 Å². The predicted octanol–water partition coefficient (Wildman–Crippen LogP) is 3.03. The molecule has 3 rings (SSSR count). The summed E-state index contributed by atoms with van der Waals surface area (Å²) in [7, 11) is 0. The molecule has 2 saturated carbocycles. The highest BCUT2D eigenvalue weighted by Gasteiger charge is 2.48. The maximum atomic E-state index is 5.84. The van der Waals surface area contributed by atoms with E-state index in [9.17, 15) is 0 Å². The summed E-state index contributed by atoms with van der Waals surface area (Å²) in [5.74, 6) is 10.0. The van der Waals surface area contributed by atoms with Gasteiger partial charge in [-0.1, -0.05) is 6.07 Å². The van der Waals surface area contributed by atoms with Crippen molar-refractivity contribution >= 4 is 0 Å². The lowest BCUT2D eigenvalue weighted by Gasteiger charge is -2.25. The standard InChI is InChI=1S/C17H26N2O2/c1-3-20-15-6-5-11(10-16(15)21-4-2)17(19-18)14-8-12-7-13(12)9-14/h5-6,10,12-14,17,19H,3-4,7-9,18H2,1-2H3. The fraction of sp³-hybridized carbons (Fsp3) is 0.647. The maximum absolute atomic E-state index is 5.84. The van der Waals surface area contributed by atoms with Crippen LogP contribution in [0.15, 0.2) is 18.2 Å². The monoisotopic (exact) mass is 290 g/mol. The zero-order valence-corrected chi connectivity index (χ0v) is 13.0. The fourth-order valence-corrected chi connectivity index (χ4v) is 3.80. The second-order valence-electron chi connectivity index (χ2n) is 6.20. The van der Waals surface area contributed by atoms with E-state index in [1.165, 1.54) is 24.8 Å². The largest absolute Gasteiger partial charge is 0.490 e. The molecule has 3 atom stereocenters. The van der Waals surface area contributed by atoms with Crippen molar-refractivity contribution < 1.29 is 9.47 Å². The maximum Gasteiger partial charge on any atom is 0.161 e. The van der Waals surface area contributed by atoms with Crippen LogP contribution in [0.4, 0.5) is 0 Å². The number of hydrogen-bond acceptors (Lipinski definition) is 4. The highest BCUT2D eigenvalue weighted by atomic mass is 16.5. The average molecular weight is 290 g/mol. The molecular formula is C17H26N2O2. The van der Waals surface area contributed by atoms with Gasteiger partial charge in [-0.15, -0.1) is 0 Å². The van der Waals surface area contributed by atoms with Crippen molar-refractivity contribution in [2.45, 2.75) is 39.2 Å². The predicted molar refractivity (Wildman–Crippen MR) is 83.2 cm³/mol. The Kier molecular flexibility index (Phi) is 4.36. The summed E-state index contributed by atoms with van der Waals surface area (Å²) in [4.78, 5) is 0. The summed E-state index contributed by atoms with van der Waals surface area (Å²) >= 11 is 0. The summed E-state index contributed by atoms with van der Waals surface area (Å²) in [6, 6.07) is 6.42. The molecular weight excluding hydrogens is 264 g/mol. The molecule has 2 aliphatic carbocycles. The first-order valence-corrected chi connectivity index (χ1v) is 8.12. The lowest BCUT2D eigenvalue weighted by atomic mass is 9.89. The number of ether oxygens (including phenoxy) is 2. The summed E-state index contributed by atoms with van der Waals surface area (Å²) in [6.07, 6.45) is 4.04. The Morgan fingerprint density at radius 1 is 1.10 bits per heavy atom.